The summed E-state index contributed by atoms with van der Waals surface area (Å²) < 4.78 is 3.94. The first-order valence-electron chi connectivity index (χ1n) is 5.45. The Morgan fingerprint density at radius 1 is 1.33 bits per heavy atom. The van der Waals surface area contributed by atoms with Crippen molar-refractivity contribution in [3.63, 3.8) is 0 Å². The second-order valence-corrected chi connectivity index (χ2v) is 4.28. The van der Waals surface area contributed by atoms with Crippen molar-refractivity contribution in [1.82, 2.24) is 9.13 Å². The van der Waals surface area contributed by atoms with E-state index < -0.39 is 0 Å². The second-order valence-electron chi connectivity index (χ2n) is 4.28. The first-order valence-corrected chi connectivity index (χ1v) is 5.45. The van der Waals surface area contributed by atoms with E-state index in [1.165, 1.54) is 18.5 Å². The molecule has 1 aliphatic heterocycles. The molecule has 2 aromatic rings. The van der Waals surface area contributed by atoms with E-state index in [2.05, 4.69) is 10.6 Å². The van der Waals surface area contributed by atoms with Gasteiger partial charge in [0.1, 0.15) is 0 Å². The third-order valence-electron chi connectivity index (χ3n) is 3.30. The standard InChI is InChI=1S/C12H14N2O/c1-13-7-5-11-10(12(13)15)8-9-4-2-3-6-14(9)11/h5,7-8H,2-4,6H2,1H3. The number of hydrogen-bond donors (Lipinski definition) is 0. The summed E-state index contributed by atoms with van der Waals surface area (Å²) in [6.07, 6.45) is 5.44. The summed E-state index contributed by atoms with van der Waals surface area (Å²) in [5.41, 5.74) is 2.54. The third kappa shape index (κ3) is 1.16. The maximum atomic E-state index is 11.9. The van der Waals surface area contributed by atoms with Gasteiger partial charge in [-0.2, -0.15) is 0 Å². The van der Waals surface area contributed by atoms with Gasteiger partial charge in [-0.1, -0.05) is 0 Å². The maximum Gasteiger partial charge on any atom is 0.259 e. The van der Waals surface area contributed by atoms with Gasteiger partial charge in [-0.05, 0) is 31.4 Å². The Morgan fingerprint density at radius 3 is 3.07 bits per heavy atom. The highest BCUT2D eigenvalue weighted by Gasteiger charge is 2.14. The number of aryl methyl sites for hydroxylation is 3. The minimum Gasteiger partial charge on any atom is -0.344 e. The van der Waals surface area contributed by atoms with Gasteiger partial charge in [-0.25, -0.2) is 0 Å². The van der Waals surface area contributed by atoms with Crippen LogP contribution in [0.1, 0.15) is 18.5 Å². The average Bonchev–Trinajstić information content (AvgIpc) is 2.63. The third-order valence-corrected chi connectivity index (χ3v) is 3.30. The van der Waals surface area contributed by atoms with Crippen LogP contribution in [0.3, 0.4) is 0 Å². The van der Waals surface area contributed by atoms with Gasteiger partial charge in [0.15, 0.2) is 0 Å². The zero-order valence-electron chi connectivity index (χ0n) is 8.86. The Bertz CT molecular complexity index is 577. The summed E-state index contributed by atoms with van der Waals surface area (Å²) in [6.45, 7) is 1.06. The van der Waals surface area contributed by atoms with Crippen molar-refractivity contribution in [2.45, 2.75) is 25.8 Å². The molecule has 3 heteroatoms. The fourth-order valence-corrected chi connectivity index (χ4v) is 2.46. The number of hydrogen-bond acceptors (Lipinski definition) is 1. The minimum absolute atomic E-state index is 0.120. The molecule has 3 nitrogen and oxygen atoms in total. The zero-order valence-corrected chi connectivity index (χ0v) is 8.86. The molecule has 78 valence electrons. The number of rotatable bonds is 0. The fourth-order valence-electron chi connectivity index (χ4n) is 2.46. The molecule has 1 aliphatic rings. The van der Waals surface area contributed by atoms with E-state index in [4.69, 9.17) is 0 Å². The lowest BCUT2D eigenvalue weighted by molar-refractivity contribution is 0.545. The van der Waals surface area contributed by atoms with Gasteiger partial charge in [0, 0.05) is 25.5 Å². The van der Waals surface area contributed by atoms with Gasteiger partial charge in [0.25, 0.3) is 5.56 Å². The molecule has 0 spiro atoms. The van der Waals surface area contributed by atoms with Crippen LogP contribution in [0.15, 0.2) is 23.1 Å². The van der Waals surface area contributed by atoms with Crippen LogP contribution in [0.4, 0.5) is 0 Å². The van der Waals surface area contributed by atoms with Gasteiger partial charge >= 0.3 is 0 Å². The average molecular weight is 202 g/mol. The summed E-state index contributed by atoms with van der Waals surface area (Å²) in [6, 6.07) is 4.11. The molecule has 0 saturated carbocycles. The lowest BCUT2D eigenvalue weighted by Gasteiger charge is -2.15. The highest BCUT2D eigenvalue weighted by molar-refractivity contribution is 5.80. The van der Waals surface area contributed by atoms with Crippen molar-refractivity contribution in [3.05, 3.63) is 34.4 Å². The SMILES string of the molecule is Cn1ccc2c(cc3n2CCCC3)c1=O. The van der Waals surface area contributed by atoms with Gasteiger partial charge in [-0.3, -0.25) is 4.79 Å². The number of pyridine rings is 1. The van der Waals surface area contributed by atoms with Crippen molar-refractivity contribution < 1.29 is 0 Å². The molecule has 0 aromatic carbocycles. The Balaban J connectivity index is 2.41. The van der Waals surface area contributed by atoms with Crippen molar-refractivity contribution >= 4 is 10.9 Å². The first-order chi connectivity index (χ1) is 7.27. The maximum absolute atomic E-state index is 11.9. The minimum atomic E-state index is 0.120. The van der Waals surface area contributed by atoms with E-state index in [1.807, 2.05) is 12.3 Å². The van der Waals surface area contributed by atoms with E-state index in [9.17, 15) is 4.79 Å². The van der Waals surface area contributed by atoms with Gasteiger partial charge in [-0.15, -0.1) is 0 Å². The molecule has 0 fully saturated rings. The van der Waals surface area contributed by atoms with Crippen LogP contribution in [-0.4, -0.2) is 9.13 Å². The highest BCUT2D eigenvalue weighted by atomic mass is 16.1. The number of fused-ring (bicyclic) bond motifs is 3. The highest BCUT2D eigenvalue weighted by Crippen LogP contribution is 2.22. The van der Waals surface area contributed by atoms with Gasteiger partial charge in [0.2, 0.25) is 0 Å². The van der Waals surface area contributed by atoms with Gasteiger partial charge in [0.05, 0.1) is 10.9 Å². The molecule has 0 radical (unpaired) electrons. The van der Waals surface area contributed by atoms with E-state index in [1.54, 1.807) is 11.6 Å². The van der Waals surface area contributed by atoms with Crippen LogP contribution in [0.2, 0.25) is 0 Å². The predicted molar refractivity (Wildman–Crippen MR) is 60.1 cm³/mol. The van der Waals surface area contributed by atoms with E-state index >= 15 is 0 Å². The molecule has 3 rings (SSSR count). The van der Waals surface area contributed by atoms with Crippen LogP contribution in [0, 0.1) is 0 Å². The lowest BCUT2D eigenvalue weighted by Crippen LogP contribution is -2.15. The molecule has 0 N–H and O–H groups in total. The van der Waals surface area contributed by atoms with E-state index in [0.717, 1.165) is 23.9 Å². The van der Waals surface area contributed by atoms with Crippen LogP contribution in [0.5, 0.6) is 0 Å². The number of nitrogens with zero attached hydrogens (tertiary/aromatic N) is 2. The molecule has 0 aliphatic carbocycles. The molecule has 2 aromatic heterocycles. The number of aromatic nitrogens is 2. The molecule has 0 unspecified atom stereocenters. The Kier molecular flexibility index (Phi) is 1.75. The van der Waals surface area contributed by atoms with Crippen molar-refractivity contribution in [1.29, 1.82) is 0 Å². The summed E-state index contributed by atoms with van der Waals surface area (Å²) >= 11 is 0. The normalized spacial score (nSPS) is 15.5. The largest absolute Gasteiger partial charge is 0.344 e. The van der Waals surface area contributed by atoms with Crippen LogP contribution < -0.4 is 5.56 Å². The quantitative estimate of drug-likeness (QED) is 0.638. The molecule has 3 heterocycles. The van der Waals surface area contributed by atoms with Crippen molar-refractivity contribution in [2.75, 3.05) is 0 Å². The van der Waals surface area contributed by atoms with Crippen LogP contribution in [0.25, 0.3) is 10.9 Å². The lowest BCUT2D eigenvalue weighted by atomic mass is 10.1. The predicted octanol–water partition coefficient (Wildman–Crippen LogP) is 1.68. The smallest absolute Gasteiger partial charge is 0.259 e. The molecule has 15 heavy (non-hydrogen) atoms. The van der Waals surface area contributed by atoms with Crippen molar-refractivity contribution in [2.24, 2.45) is 7.05 Å². The summed E-state index contributed by atoms with van der Waals surface area (Å²) in [5, 5.41) is 0.872. The zero-order chi connectivity index (χ0) is 10.4. The van der Waals surface area contributed by atoms with Crippen LogP contribution >= 0.6 is 0 Å². The molecular formula is C12H14N2O. The monoisotopic (exact) mass is 202 g/mol. The second kappa shape index (κ2) is 2.99. The van der Waals surface area contributed by atoms with E-state index in [0.29, 0.717) is 0 Å². The molecule has 0 amide bonds. The fraction of sp³-hybridized carbons (Fsp3) is 0.417. The van der Waals surface area contributed by atoms with Crippen molar-refractivity contribution in [3.8, 4) is 0 Å². The first kappa shape index (κ1) is 8.77. The summed E-state index contributed by atoms with van der Waals surface area (Å²) in [7, 11) is 1.80. The Labute approximate surface area is 87.9 Å². The summed E-state index contributed by atoms with van der Waals surface area (Å²) in [5.74, 6) is 0. The Morgan fingerprint density at radius 2 is 2.20 bits per heavy atom. The van der Waals surface area contributed by atoms with Gasteiger partial charge < -0.3 is 9.13 Å². The summed E-state index contributed by atoms with van der Waals surface area (Å²) in [4.78, 5) is 11.9. The molecule has 0 saturated heterocycles. The van der Waals surface area contributed by atoms with Crippen LogP contribution in [-0.2, 0) is 20.0 Å². The molecule has 0 atom stereocenters. The Hall–Kier alpha value is -1.51. The molecule has 0 bridgehead atoms. The molecular weight excluding hydrogens is 188 g/mol. The topological polar surface area (TPSA) is 26.9 Å². The van der Waals surface area contributed by atoms with E-state index in [-0.39, 0.29) is 5.56 Å².